The first kappa shape index (κ1) is 11.2. The van der Waals surface area contributed by atoms with Crippen LogP contribution >= 0.6 is 11.6 Å². The molecule has 2 nitrogen and oxygen atoms in total. The second-order valence-electron chi connectivity index (χ2n) is 3.91. The number of halogens is 1. The first-order valence-electron chi connectivity index (χ1n) is 5.33. The molecule has 0 aliphatic rings. The van der Waals surface area contributed by atoms with Crippen LogP contribution in [-0.4, -0.2) is 4.98 Å². The first-order valence-corrected chi connectivity index (χ1v) is 5.71. The molecule has 0 radical (unpaired) electrons. The van der Waals surface area contributed by atoms with E-state index in [0.717, 1.165) is 23.7 Å². The number of aryl methyl sites for hydroxylation is 1. The molecule has 2 rings (SSSR count). The van der Waals surface area contributed by atoms with E-state index in [9.17, 15) is 0 Å². The molecule has 0 spiro atoms. The predicted octanol–water partition coefficient (Wildman–Crippen LogP) is 3.27. The largest absolute Gasteiger partial charge is 0.367 e. The Bertz CT molecular complexity index is 449. The lowest BCUT2D eigenvalue weighted by Gasteiger charge is -2.05. The third kappa shape index (κ3) is 2.87. The van der Waals surface area contributed by atoms with Gasteiger partial charge < -0.3 is 10.3 Å². The standard InChI is InChI=1S/C13H15ClN2/c1-10-6-11(2-3-13(10)14)7-16-9-12-4-5-15-8-12/h2-6,8,15-16H,7,9H2,1H3. The van der Waals surface area contributed by atoms with Gasteiger partial charge in [0.15, 0.2) is 0 Å². The maximum Gasteiger partial charge on any atom is 0.0435 e. The Balaban J connectivity index is 1.87. The van der Waals surface area contributed by atoms with Crippen molar-refractivity contribution in [2.24, 2.45) is 0 Å². The van der Waals surface area contributed by atoms with E-state index in [-0.39, 0.29) is 0 Å². The summed E-state index contributed by atoms with van der Waals surface area (Å²) in [4.78, 5) is 3.04. The van der Waals surface area contributed by atoms with Crippen LogP contribution in [0.3, 0.4) is 0 Å². The lowest BCUT2D eigenvalue weighted by atomic mass is 10.1. The quantitative estimate of drug-likeness (QED) is 0.835. The summed E-state index contributed by atoms with van der Waals surface area (Å²) in [6.45, 7) is 3.77. The lowest BCUT2D eigenvalue weighted by molar-refractivity contribution is 0.693. The van der Waals surface area contributed by atoms with E-state index in [2.05, 4.69) is 28.5 Å². The molecule has 0 unspecified atom stereocenters. The molecular weight excluding hydrogens is 220 g/mol. The van der Waals surface area contributed by atoms with E-state index < -0.39 is 0 Å². The molecule has 0 amide bonds. The molecule has 2 N–H and O–H groups in total. The van der Waals surface area contributed by atoms with E-state index in [1.807, 2.05) is 25.4 Å². The van der Waals surface area contributed by atoms with Crippen LogP contribution in [0.5, 0.6) is 0 Å². The van der Waals surface area contributed by atoms with E-state index in [1.54, 1.807) is 0 Å². The monoisotopic (exact) mass is 234 g/mol. The van der Waals surface area contributed by atoms with Crippen molar-refractivity contribution in [1.29, 1.82) is 0 Å². The van der Waals surface area contributed by atoms with Crippen molar-refractivity contribution in [1.82, 2.24) is 10.3 Å². The summed E-state index contributed by atoms with van der Waals surface area (Å²) in [5.74, 6) is 0. The van der Waals surface area contributed by atoms with Crippen LogP contribution < -0.4 is 5.32 Å². The number of hydrogen-bond acceptors (Lipinski definition) is 1. The summed E-state index contributed by atoms with van der Waals surface area (Å²) in [6.07, 6.45) is 3.93. The van der Waals surface area contributed by atoms with Crippen molar-refractivity contribution in [2.45, 2.75) is 20.0 Å². The van der Waals surface area contributed by atoms with Crippen molar-refractivity contribution >= 4 is 11.6 Å². The Labute approximate surface area is 101 Å². The lowest BCUT2D eigenvalue weighted by Crippen LogP contribution is -2.12. The van der Waals surface area contributed by atoms with Crippen LogP contribution in [0.15, 0.2) is 36.7 Å². The zero-order valence-electron chi connectivity index (χ0n) is 9.26. The summed E-state index contributed by atoms with van der Waals surface area (Å²) in [5, 5.41) is 4.22. The van der Waals surface area contributed by atoms with Crippen LogP contribution in [0.1, 0.15) is 16.7 Å². The average molecular weight is 235 g/mol. The number of benzene rings is 1. The van der Waals surface area contributed by atoms with E-state index in [0.29, 0.717) is 0 Å². The van der Waals surface area contributed by atoms with Gasteiger partial charge in [-0.15, -0.1) is 0 Å². The van der Waals surface area contributed by atoms with Gasteiger partial charge in [0.2, 0.25) is 0 Å². The molecule has 0 aliphatic carbocycles. The van der Waals surface area contributed by atoms with Crippen molar-refractivity contribution in [3.8, 4) is 0 Å². The number of aromatic amines is 1. The summed E-state index contributed by atoms with van der Waals surface area (Å²) < 4.78 is 0. The Morgan fingerprint density at radius 3 is 2.69 bits per heavy atom. The fourth-order valence-electron chi connectivity index (χ4n) is 1.64. The second-order valence-corrected chi connectivity index (χ2v) is 4.31. The van der Waals surface area contributed by atoms with Gasteiger partial charge in [0, 0.05) is 30.5 Å². The molecule has 1 aromatic carbocycles. The van der Waals surface area contributed by atoms with Crippen LogP contribution in [0.4, 0.5) is 0 Å². The molecule has 84 valence electrons. The highest BCUT2D eigenvalue weighted by molar-refractivity contribution is 6.31. The molecule has 0 fully saturated rings. The minimum Gasteiger partial charge on any atom is -0.367 e. The topological polar surface area (TPSA) is 27.8 Å². The van der Waals surface area contributed by atoms with Gasteiger partial charge in [0.05, 0.1) is 0 Å². The fourth-order valence-corrected chi connectivity index (χ4v) is 1.75. The van der Waals surface area contributed by atoms with Gasteiger partial charge in [-0.3, -0.25) is 0 Å². The Kier molecular flexibility index (Phi) is 3.65. The van der Waals surface area contributed by atoms with E-state index >= 15 is 0 Å². The van der Waals surface area contributed by atoms with Gasteiger partial charge in [-0.05, 0) is 35.7 Å². The molecule has 16 heavy (non-hydrogen) atoms. The summed E-state index contributed by atoms with van der Waals surface area (Å²) in [6, 6.07) is 8.19. The zero-order valence-corrected chi connectivity index (χ0v) is 10.0. The van der Waals surface area contributed by atoms with Gasteiger partial charge >= 0.3 is 0 Å². The maximum absolute atomic E-state index is 5.97. The highest BCUT2D eigenvalue weighted by atomic mass is 35.5. The molecular formula is C13H15ClN2. The molecule has 2 aromatic rings. The molecule has 0 aliphatic heterocycles. The van der Waals surface area contributed by atoms with E-state index in [4.69, 9.17) is 11.6 Å². The molecule has 1 heterocycles. The number of nitrogens with one attached hydrogen (secondary N) is 2. The van der Waals surface area contributed by atoms with E-state index in [1.165, 1.54) is 11.1 Å². The van der Waals surface area contributed by atoms with Crippen molar-refractivity contribution in [3.63, 3.8) is 0 Å². The average Bonchev–Trinajstić information content (AvgIpc) is 2.76. The van der Waals surface area contributed by atoms with Crippen LogP contribution in [0, 0.1) is 6.92 Å². The van der Waals surface area contributed by atoms with Gasteiger partial charge in [0.25, 0.3) is 0 Å². The predicted molar refractivity (Wildman–Crippen MR) is 67.5 cm³/mol. The molecule has 0 saturated carbocycles. The summed E-state index contributed by atoms with van der Waals surface area (Å²) in [5.41, 5.74) is 3.66. The minimum atomic E-state index is 0.828. The molecule has 1 aromatic heterocycles. The number of rotatable bonds is 4. The fraction of sp³-hybridized carbons (Fsp3) is 0.231. The SMILES string of the molecule is Cc1cc(CNCc2cc[nH]c2)ccc1Cl. The molecule has 0 bridgehead atoms. The number of aromatic nitrogens is 1. The van der Waals surface area contributed by atoms with Crippen LogP contribution in [-0.2, 0) is 13.1 Å². The smallest absolute Gasteiger partial charge is 0.0435 e. The van der Waals surface area contributed by atoms with Gasteiger partial charge in [-0.2, -0.15) is 0 Å². The molecule has 0 saturated heterocycles. The summed E-state index contributed by atoms with van der Waals surface area (Å²) in [7, 11) is 0. The van der Waals surface area contributed by atoms with Crippen molar-refractivity contribution < 1.29 is 0 Å². The zero-order chi connectivity index (χ0) is 11.4. The molecule has 0 atom stereocenters. The van der Waals surface area contributed by atoms with Crippen molar-refractivity contribution in [2.75, 3.05) is 0 Å². The minimum absolute atomic E-state index is 0.828. The van der Waals surface area contributed by atoms with Crippen molar-refractivity contribution in [3.05, 3.63) is 58.4 Å². The number of hydrogen-bond donors (Lipinski definition) is 2. The summed E-state index contributed by atoms with van der Waals surface area (Å²) >= 11 is 5.97. The first-order chi connectivity index (χ1) is 7.75. The van der Waals surface area contributed by atoms with Gasteiger partial charge in [0.1, 0.15) is 0 Å². The third-order valence-corrected chi connectivity index (χ3v) is 2.97. The Hall–Kier alpha value is -1.25. The van der Waals surface area contributed by atoms with Gasteiger partial charge in [-0.25, -0.2) is 0 Å². The second kappa shape index (κ2) is 5.19. The number of H-pyrrole nitrogens is 1. The maximum atomic E-state index is 5.97. The molecule has 3 heteroatoms. The van der Waals surface area contributed by atoms with Gasteiger partial charge in [-0.1, -0.05) is 23.7 Å². The Morgan fingerprint density at radius 1 is 1.19 bits per heavy atom. The van der Waals surface area contributed by atoms with Crippen LogP contribution in [0.2, 0.25) is 5.02 Å². The highest BCUT2D eigenvalue weighted by Crippen LogP contribution is 2.16. The Morgan fingerprint density at radius 2 is 2.00 bits per heavy atom. The normalized spacial score (nSPS) is 10.6. The highest BCUT2D eigenvalue weighted by Gasteiger charge is 1.98. The van der Waals surface area contributed by atoms with Crippen LogP contribution in [0.25, 0.3) is 0 Å². The third-order valence-electron chi connectivity index (χ3n) is 2.54.